The first-order valence-electron chi connectivity index (χ1n) is 6.78. The van der Waals surface area contributed by atoms with E-state index in [-0.39, 0.29) is 6.04 Å². The van der Waals surface area contributed by atoms with Crippen LogP contribution in [0.15, 0.2) is 53.5 Å². The second-order valence-electron chi connectivity index (χ2n) is 5.13. The lowest BCUT2D eigenvalue weighted by atomic mass is 10.1. The number of rotatable bonds is 1. The topological polar surface area (TPSA) is 21.6 Å². The molecule has 2 aromatic rings. The average Bonchev–Trinajstić information content (AvgIpc) is 3.05. The van der Waals surface area contributed by atoms with Crippen LogP contribution in [0.4, 0.5) is 0 Å². The molecular formula is C17H15NO. The molecule has 2 aliphatic rings. The predicted octanol–water partition coefficient (Wildman–Crippen LogP) is 3.65. The van der Waals surface area contributed by atoms with Crippen molar-refractivity contribution in [1.82, 2.24) is 0 Å². The van der Waals surface area contributed by atoms with Crippen molar-refractivity contribution in [2.24, 2.45) is 4.99 Å². The van der Waals surface area contributed by atoms with Crippen molar-refractivity contribution < 1.29 is 4.74 Å². The van der Waals surface area contributed by atoms with Gasteiger partial charge in [0.1, 0.15) is 6.61 Å². The zero-order valence-electron chi connectivity index (χ0n) is 10.7. The van der Waals surface area contributed by atoms with E-state index in [0.717, 1.165) is 24.3 Å². The SMILES string of the molecule is c1ccc2c(c1)CO/C2=N\[C@@H]1CCc2ccccc21. The van der Waals surface area contributed by atoms with Gasteiger partial charge in [0, 0.05) is 11.1 Å². The van der Waals surface area contributed by atoms with Crippen molar-refractivity contribution in [2.45, 2.75) is 25.5 Å². The molecule has 0 aromatic heterocycles. The van der Waals surface area contributed by atoms with E-state index in [1.54, 1.807) is 0 Å². The molecule has 1 aliphatic carbocycles. The van der Waals surface area contributed by atoms with E-state index in [0.29, 0.717) is 6.61 Å². The molecule has 0 N–H and O–H groups in total. The highest BCUT2D eigenvalue weighted by Gasteiger charge is 2.25. The molecular weight excluding hydrogens is 234 g/mol. The van der Waals surface area contributed by atoms with Gasteiger partial charge in [-0.25, -0.2) is 4.99 Å². The summed E-state index contributed by atoms with van der Waals surface area (Å²) < 4.78 is 5.75. The number of aliphatic imine (C=N–C) groups is 1. The van der Waals surface area contributed by atoms with Crippen LogP contribution in [0.3, 0.4) is 0 Å². The van der Waals surface area contributed by atoms with Gasteiger partial charge in [-0.3, -0.25) is 0 Å². The summed E-state index contributed by atoms with van der Waals surface area (Å²) in [6.07, 6.45) is 2.22. The van der Waals surface area contributed by atoms with E-state index in [4.69, 9.17) is 9.73 Å². The number of hydrogen-bond acceptors (Lipinski definition) is 2. The van der Waals surface area contributed by atoms with Crippen molar-refractivity contribution in [1.29, 1.82) is 0 Å². The Hall–Kier alpha value is -2.09. The van der Waals surface area contributed by atoms with Gasteiger partial charge in [0.25, 0.3) is 0 Å². The van der Waals surface area contributed by atoms with Crippen molar-refractivity contribution in [3.63, 3.8) is 0 Å². The van der Waals surface area contributed by atoms with Crippen molar-refractivity contribution >= 4 is 5.90 Å². The zero-order valence-corrected chi connectivity index (χ0v) is 10.7. The second-order valence-corrected chi connectivity index (χ2v) is 5.13. The third kappa shape index (κ3) is 1.75. The molecule has 0 fully saturated rings. The Kier molecular flexibility index (Phi) is 2.41. The summed E-state index contributed by atoms with van der Waals surface area (Å²) >= 11 is 0. The fraction of sp³-hybridized carbons (Fsp3) is 0.235. The van der Waals surface area contributed by atoms with Gasteiger partial charge in [-0.2, -0.15) is 0 Å². The van der Waals surface area contributed by atoms with Gasteiger partial charge in [0.2, 0.25) is 5.90 Å². The van der Waals surface area contributed by atoms with E-state index < -0.39 is 0 Å². The summed E-state index contributed by atoms with van der Waals surface area (Å²) in [5.41, 5.74) is 5.20. The van der Waals surface area contributed by atoms with E-state index in [2.05, 4.69) is 42.5 Å². The summed E-state index contributed by atoms with van der Waals surface area (Å²) in [6, 6.07) is 17.2. The summed E-state index contributed by atoms with van der Waals surface area (Å²) in [6.45, 7) is 0.656. The second kappa shape index (κ2) is 4.23. The van der Waals surface area contributed by atoms with Crippen LogP contribution in [-0.4, -0.2) is 5.90 Å². The number of aryl methyl sites for hydroxylation is 1. The minimum Gasteiger partial charge on any atom is -0.473 e. The van der Waals surface area contributed by atoms with E-state index in [1.165, 1.54) is 16.7 Å². The largest absolute Gasteiger partial charge is 0.473 e. The van der Waals surface area contributed by atoms with Gasteiger partial charge in [-0.15, -0.1) is 0 Å². The van der Waals surface area contributed by atoms with Crippen LogP contribution < -0.4 is 0 Å². The molecule has 2 nitrogen and oxygen atoms in total. The standard InChI is InChI=1S/C17H15NO/c1-3-7-14-12(5-1)9-10-16(14)18-17-15-8-4-2-6-13(15)11-19-17/h1-8,16H,9-11H2/b18-17-/t16-/m1/s1. The lowest BCUT2D eigenvalue weighted by Gasteiger charge is -2.07. The van der Waals surface area contributed by atoms with Crippen LogP contribution in [0.2, 0.25) is 0 Å². The Bertz CT molecular complexity index is 660. The Balaban J connectivity index is 1.72. The maximum absolute atomic E-state index is 5.75. The Morgan fingerprint density at radius 2 is 1.74 bits per heavy atom. The smallest absolute Gasteiger partial charge is 0.217 e. The van der Waals surface area contributed by atoms with Gasteiger partial charge < -0.3 is 4.74 Å². The van der Waals surface area contributed by atoms with Gasteiger partial charge in [-0.1, -0.05) is 42.5 Å². The van der Waals surface area contributed by atoms with E-state index in [1.807, 2.05) is 6.07 Å². The number of benzene rings is 2. The molecule has 0 spiro atoms. The molecule has 0 amide bonds. The Morgan fingerprint density at radius 3 is 2.68 bits per heavy atom. The molecule has 2 aromatic carbocycles. The Morgan fingerprint density at radius 1 is 0.947 bits per heavy atom. The van der Waals surface area contributed by atoms with Crippen molar-refractivity contribution in [3.8, 4) is 0 Å². The highest BCUT2D eigenvalue weighted by atomic mass is 16.5. The highest BCUT2D eigenvalue weighted by Crippen LogP contribution is 2.35. The maximum Gasteiger partial charge on any atom is 0.217 e. The van der Waals surface area contributed by atoms with Crippen LogP contribution in [-0.2, 0) is 17.8 Å². The van der Waals surface area contributed by atoms with Crippen molar-refractivity contribution in [2.75, 3.05) is 0 Å². The predicted molar refractivity (Wildman–Crippen MR) is 75.3 cm³/mol. The summed E-state index contributed by atoms with van der Waals surface area (Å²) in [7, 11) is 0. The lowest BCUT2D eigenvalue weighted by molar-refractivity contribution is 0.309. The van der Waals surface area contributed by atoms with Crippen LogP contribution in [0, 0.1) is 0 Å². The molecule has 19 heavy (non-hydrogen) atoms. The van der Waals surface area contributed by atoms with Gasteiger partial charge >= 0.3 is 0 Å². The van der Waals surface area contributed by atoms with Crippen LogP contribution in [0.25, 0.3) is 0 Å². The summed E-state index contributed by atoms with van der Waals surface area (Å²) in [5.74, 6) is 0.817. The van der Waals surface area contributed by atoms with Crippen LogP contribution in [0.5, 0.6) is 0 Å². The number of ether oxygens (including phenoxy) is 1. The number of fused-ring (bicyclic) bond motifs is 2. The first kappa shape index (κ1) is 10.8. The summed E-state index contributed by atoms with van der Waals surface area (Å²) in [4.78, 5) is 4.85. The molecule has 0 radical (unpaired) electrons. The first-order valence-corrected chi connectivity index (χ1v) is 6.78. The van der Waals surface area contributed by atoms with Gasteiger partial charge in [-0.05, 0) is 30.0 Å². The molecule has 94 valence electrons. The van der Waals surface area contributed by atoms with Crippen LogP contribution in [0.1, 0.15) is 34.7 Å². The van der Waals surface area contributed by atoms with E-state index >= 15 is 0 Å². The fourth-order valence-electron chi connectivity index (χ4n) is 3.00. The molecule has 1 atom stereocenters. The average molecular weight is 249 g/mol. The minimum atomic E-state index is 0.261. The van der Waals surface area contributed by atoms with Gasteiger partial charge in [0.05, 0.1) is 6.04 Å². The zero-order chi connectivity index (χ0) is 12.7. The molecule has 2 heteroatoms. The third-order valence-electron chi connectivity index (χ3n) is 3.99. The molecule has 0 bridgehead atoms. The minimum absolute atomic E-state index is 0.261. The fourth-order valence-corrected chi connectivity index (χ4v) is 3.00. The third-order valence-corrected chi connectivity index (χ3v) is 3.99. The highest BCUT2D eigenvalue weighted by molar-refractivity contribution is 5.97. The molecule has 0 unspecified atom stereocenters. The van der Waals surface area contributed by atoms with Gasteiger partial charge in [0.15, 0.2) is 0 Å². The molecule has 4 rings (SSSR count). The number of hydrogen-bond donors (Lipinski definition) is 0. The first-order chi connectivity index (χ1) is 9.42. The monoisotopic (exact) mass is 249 g/mol. The molecule has 0 saturated carbocycles. The maximum atomic E-state index is 5.75. The van der Waals surface area contributed by atoms with E-state index in [9.17, 15) is 0 Å². The lowest BCUT2D eigenvalue weighted by Crippen LogP contribution is -2.01. The molecule has 1 heterocycles. The van der Waals surface area contributed by atoms with Crippen molar-refractivity contribution in [3.05, 3.63) is 70.8 Å². The summed E-state index contributed by atoms with van der Waals surface area (Å²) in [5, 5.41) is 0. The normalized spacial score (nSPS) is 22.1. The molecule has 0 saturated heterocycles. The quantitative estimate of drug-likeness (QED) is 0.756. The van der Waals surface area contributed by atoms with Crippen LogP contribution >= 0.6 is 0 Å². The number of nitrogens with zero attached hydrogens (tertiary/aromatic N) is 1. The Labute approximate surface area is 112 Å². The molecule has 1 aliphatic heterocycles.